The molecule has 0 amide bonds. The molecule has 0 atom stereocenters. The summed E-state index contributed by atoms with van der Waals surface area (Å²) in [6, 6.07) is 8.88. The van der Waals surface area contributed by atoms with Gasteiger partial charge in [0.25, 0.3) is 5.56 Å². The lowest BCUT2D eigenvalue weighted by Gasteiger charge is -2.10. The summed E-state index contributed by atoms with van der Waals surface area (Å²) >= 11 is 5.79. The summed E-state index contributed by atoms with van der Waals surface area (Å²) in [6.07, 6.45) is 0. The molecule has 0 unspecified atom stereocenters. The minimum atomic E-state index is -0.389. The van der Waals surface area contributed by atoms with Crippen LogP contribution < -0.4 is 10.3 Å². The van der Waals surface area contributed by atoms with Crippen molar-refractivity contribution in [2.45, 2.75) is 20.4 Å². The Morgan fingerprint density at radius 2 is 2.00 bits per heavy atom. The predicted octanol–water partition coefficient (Wildman–Crippen LogP) is 2.46. The number of rotatable bonds is 4. The Bertz CT molecular complexity index is 745. The van der Waals surface area contributed by atoms with Gasteiger partial charge in [0.2, 0.25) is 0 Å². The highest BCUT2D eigenvalue weighted by Crippen LogP contribution is 2.15. The van der Waals surface area contributed by atoms with Crippen LogP contribution in [0, 0.1) is 25.2 Å². The van der Waals surface area contributed by atoms with E-state index in [9.17, 15) is 4.79 Å². The molecule has 6 heteroatoms. The van der Waals surface area contributed by atoms with Gasteiger partial charge in [0, 0.05) is 5.02 Å². The van der Waals surface area contributed by atoms with Crippen molar-refractivity contribution in [3.05, 3.63) is 56.5 Å². The van der Waals surface area contributed by atoms with Crippen LogP contribution in [0.1, 0.15) is 16.8 Å². The highest BCUT2D eigenvalue weighted by molar-refractivity contribution is 6.30. The van der Waals surface area contributed by atoms with Crippen molar-refractivity contribution in [1.29, 1.82) is 5.26 Å². The molecule has 0 spiro atoms. The molecule has 108 valence electrons. The molecule has 0 saturated heterocycles. The Morgan fingerprint density at radius 3 is 2.62 bits per heavy atom. The van der Waals surface area contributed by atoms with E-state index in [4.69, 9.17) is 21.6 Å². The lowest BCUT2D eigenvalue weighted by molar-refractivity contribution is 0.287. The summed E-state index contributed by atoms with van der Waals surface area (Å²) in [6.45, 7) is 4.04. The third kappa shape index (κ3) is 3.41. The molecule has 0 radical (unpaired) electrons. The molecule has 0 bridgehead atoms. The van der Waals surface area contributed by atoms with E-state index in [0.29, 0.717) is 22.0 Å². The van der Waals surface area contributed by atoms with Gasteiger partial charge in [-0.25, -0.2) is 4.68 Å². The van der Waals surface area contributed by atoms with Gasteiger partial charge in [-0.3, -0.25) is 4.79 Å². The molecule has 5 nitrogen and oxygen atoms in total. The molecule has 1 aromatic carbocycles. The number of benzene rings is 1. The number of hydrogen-bond acceptors (Lipinski definition) is 4. The molecule has 0 aliphatic carbocycles. The Morgan fingerprint density at radius 1 is 1.33 bits per heavy atom. The molecule has 0 N–H and O–H groups in total. The second kappa shape index (κ2) is 6.42. The van der Waals surface area contributed by atoms with Crippen LogP contribution in [0.4, 0.5) is 0 Å². The first-order valence-corrected chi connectivity index (χ1v) is 6.77. The zero-order valence-corrected chi connectivity index (χ0v) is 12.5. The van der Waals surface area contributed by atoms with Gasteiger partial charge in [-0.05, 0) is 43.7 Å². The third-order valence-electron chi connectivity index (χ3n) is 3.13. The van der Waals surface area contributed by atoms with Crippen LogP contribution in [0.2, 0.25) is 5.02 Å². The van der Waals surface area contributed by atoms with Crippen molar-refractivity contribution in [3.63, 3.8) is 0 Å². The van der Waals surface area contributed by atoms with E-state index < -0.39 is 0 Å². The molecule has 1 aromatic heterocycles. The van der Waals surface area contributed by atoms with E-state index in [1.165, 1.54) is 4.68 Å². The summed E-state index contributed by atoms with van der Waals surface area (Å²) in [4.78, 5) is 12.1. The summed E-state index contributed by atoms with van der Waals surface area (Å²) in [5.74, 6) is 0.664. The lowest BCUT2D eigenvalue weighted by Crippen LogP contribution is -2.29. The fourth-order valence-electron chi connectivity index (χ4n) is 1.84. The van der Waals surface area contributed by atoms with Gasteiger partial charge in [0.05, 0.1) is 12.2 Å². The maximum absolute atomic E-state index is 12.1. The molecule has 0 fully saturated rings. The predicted molar refractivity (Wildman–Crippen MR) is 79.6 cm³/mol. The molecule has 2 rings (SSSR count). The number of nitriles is 1. The van der Waals surface area contributed by atoms with Crippen LogP contribution in [0.5, 0.6) is 5.75 Å². The van der Waals surface area contributed by atoms with Gasteiger partial charge in [-0.15, -0.1) is 0 Å². The number of halogens is 1. The Labute approximate surface area is 127 Å². The molecule has 2 aromatic rings. The van der Waals surface area contributed by atoms with Crippen LogP contribution in [0.25, 0.3) is 0 Å². The van der Waals surface area contributed by atoms with Gasteiger partial charge >= 0.3 is 0 Å². The van der Waals surface area contributed by atoms with E-state index in [1.54, 1.807) is 38.1 Å². The number of nitrogens with zero attached hydrogens (tertiary/aromatic N) is 3. The molecular weight excluding hydrogens is 290 g/mol. The maximum Gasteiger partial charge on any atom is 0.285 e. The summed E-state index contributed by atoms with van der Waals surface area (Å²) in [5.41, 5.74) is 1.03. The largest absolute Gasteiger partial charge is 0.492 e. The van der Waals surface area contributed by atoms with Crippen molar-refractivity contribution in [1.82, 2.24) is 9.78 Å². The number of hydrogen-bond donors (Lipinski definition) is 0. The van der Waals surface area contributed by atoms with Gasteiger partial charge in [0.15, 0.2) is 0 Å². The fourth-order valence-corrected chi connectivity index (χ4v) is 1.96. The van der Waals surface area contributed by atoms with Crippen LogP contribution in [0.3, 0.4) is 0 Å². The second-order valence-electron chi connectivity index (χ2n) is 4.53. The second-order valence-corrected chi connectivity index (χ2v) is 4.96. The molecule has 21 heavy (non-hydrogen) atoms. The first-order valence-electron chi connectivity index (χ1n) is 6.39. The first kappa shape index (κ1) is 15.1. The van der Waals surface area contributed by atoms with E-state index in [-0.39, 0.29) is 24.3 Å². The van der Waals surface area contributed by atoms with Gasteiger partial charge in [-0.2, -0.15) is 10.4 Å². The van der Waals surface area contributed by atoms with Crippen molar-refractivity contribution in [2.75, 3.05) is 6.61 Å². The Kier molecular flexibility index (Phi) is 4.61. The molecular formula is C15H14ClN3O2. The normalized spacial score (nSPS) is 10.2. The Balaban J connectivity index is 2.11. The summed E-state index contributed by atoms with van der Waals surface area (Å²) in [5, 5.41) is 13.9. The van der Waals surface area contributed by atoms with Gasteiger partial charge < -0.3 is 4.74 Å². The quantitative estimate of drug-likeness (QED) is 0.870. The Hall–Kier alpha value is -2.32. The highest BCUT2D eigenvalue weighted by Gasteiger charge is 2.11. The van der Waals surface area contributed by atoms with Crippen molar-refractivity contribution in [2.24, 2.45) is 0 Å². The van der Waals surface area contributed by atoms with Crippen molar-refractivity contribution >= 4 is 11.6 Å². The zero-order chi connectivity index (χ0) is 15.4. The average Bonchev–Trinajstić information content (AvgIpc) is 2.47. The van der Waals surface area contributed by atoms with Crippen LogP contribution in [-0.2, 0) is 6.54 Å². The van der Waals surface area contributed by atoms with Crippen LogP contribution in [-0.4, -0.2) is 16.4 Å². The van der Waals surface area contributed by atoms with Gasteiger partial charge in [-0.1, -0.05) is 11.6 Å². The van der Waals surface area contributed by atoms with E-state index in [0.717, 1.165) is 0 Å². The minimum absolute atomic E-state index is 0.133. The smallest absolute Gasteiger partial charge is 0.285 e. The van der Waals surface area contributed by atoms with Crippen LogP contribution >= 0.6 is 11.6 Å². The number of aryl methyl sites for hydroxylation is 1. The lowest BCUT2D eigenvalue weighted by atomic mass is 10.1. The molecule has 0 aliphatic rings. The first-order chi connectivity index (χ1) is 10.0. The average molecular weight is 304 g/mol. The number of ether oxygens (including phenoxy) is 1. The molecule has 0 saturated carbocycles. The summed E-state index contributed by atoms with van der Waals surface area (Å²) in [7, 11) is 0. The van der Waals surface area contributed by atoms with Gasteiger partial charge in [0.1, 0.15) is 24.0 Å². The van der Waals surface area contributed by atoms with E-state index >= 15 is 0 Å². The zero-order valence-electron chi connectivity index (χ0n) is 11.8. The van der Waals surface area contributed by atoms with E-state index in [1.807, 2.05) is 6.07 Å². The standard InChI is InChI=1S/C15H14ClN3O2/c1-10-11(2)18-19(15(20)14(10)9-17)7-8-21-13-5-3-12(16)4-6-13/h3-6H,7-8H2,1-2H3. The summed E-state index contributed by atoms with van der Waals surface area (Å²) < 4.78 is 6.78. The SMILES string of the molecule is Cc1nn(CCOc2ccc(Cl)cc2)c(=O)c(C#N)c1C. The maximum atomic E-state index is 12.1. The monoisotopic (exact) mass is 303 g/mol. The third-order valence-corrected chi connectivity index (χ3v) is 3.39. The minimum Gasteiger partial charge on any atom is -0.492 e. The van der Waals surface area contributed by atoms with E-state index in [2.05, 4.69) is 5.10 Å². The van der Waals surface area contributed by atoms with Crippen molar-refractivity contribution in [3.8, 4) is 11.8 Å². The molecule has 0 aliphatic heterocycles. The highest BCUT2D eigenvalue weighted by atomic mass is 35.5. The molecule has 1 heterocycles. The topological polar surface area (TPSA) is 67.9 Å². The van der Waals surface area contributed by atoms with Crippen LogP contribution in [0.15, 0.2) is 29.1 Å². The fraction of sp³-hybridized carbons (Fsp3) is 0.267. The van der Waals surface area contributed by atoms with Crippen molar-refractivity contribution < 1.29 is 4.74 Å². The number of aromatic nitrogens is 2.